The minimum Gasteiger partial charge on any atom is -0.480 e. The van der Waals surface area contributed by atoms with Gasteiger partial charge >= 0.3 is 5.97 Å². The van der Waals surface area contributed by atoms with Gasteiger partial charge in [0.1, 0.15) is 6.04 Å². The number of carbonyl (C=O) groups is 2. The molecule has 1 aliphatic carbocycles. The molecule has 5 nitrogen and oxygen atoms in total. The van der Waals surface area contributed by atoms with Crippen molar-refractivity contribution in [1.29, 1.82) is 0 Å². The summed E-state index contributed by atoms with van der Waals surface area (Å²) in [5, 5.41) is 11.2. The van der Waals surface area contributed by atoms with Crippen molar-refractivity contribution >= 4 is 11.9 Å². The summed E-state index contributed by atoms with van der Waals surface area (Å²) >= 11 is 0. The van der Waals surface area contributed by atoms with E-state index in [1.165, 1.54) is 0 Å². The zero-order chi connectivity index (χ0) is 10.8. The fourth-order valence-electron chi connectivity index (χ4n) is 1.43. The largest absolute Gasteiger partial charge is 0.480 e. The average molecular weight is 200 g/mol. The fraction of sp³-hybridized carbons (Fsp3) is 0.778. The Balaban J connectivity index is 2.50. The van der Waals surface area contributed by atoms with Crippen molar-refractivity contribution in [3.63, 3.8) is 0 Å². The average Bonchev–Trinajstić information content (AvgIpc) is 2.09. The lowest BCUT2D eigenvalue weighted by molar-refractivity contribution is -0.143. The van der Waals surface area contributed by atoms with E-state index in [1.54, 1.807) is 6.92 Å². The fourth-order valence-corrected chi connectivity index (χ4v) is 1.43. The maximum atomic E-state index is 11.5. The van der Waals surface area contributed by atoms with E-state index in [1.807, 2.05) is 0 Å². The maximum Gasteiger partial charge on any atom is 0.326 e. The van der Waals surface area contributed by atoms with E-state index < -0.39 is 17.6 Å². The summed E-state index contributed by atoms with van der Waals surface area (Å²) in [4.78, 5) is 22.2. The zero-order valence-electron chi connectivity index (χ0n) is 8.25. The molecule has 0 aromatic rings. The van der Waals surface area contributed by atoms with Gasteiger partial charge in [-0.3, -0.25) is 4.79 Å². The van der Waals surface area contributed by atoms with Gasteiger partial charge in [-0.15, -0.1) is 0 Å². The van der Waals surface area contributed by atoms with Crippen LogP contribution >= 0.6 is 0 Å². The summed E-state index contributed by atoms with van der Waals surface area (Å²) in [6.07, 6.45) is 2.61. The van der Waals surface area contributed by atoms with E-state index in [0.717, 1.165) is 6.42 Å². The third-order valence-corrected chi connectivity index (χ3v) is 2.71. The molecule has 0 aliphatic heterocycles. The van der Waals surface area contributed by atoms with Crippen molar-refractivity contribution in [1.82, 2.24) is 5.32 Å². The quantitative estimate of drug-likeness (QED) is 0.588. The minimum atomic E-state index is -1.01. The summed E-state index contributed by atoms with van der Waals surface area (Å²) < 4.78 is 0. The molecule has 0 bridgehead atoms. The summed E-state index contributed by atoms with van der Waals surface area (Å²) in [5.74, 6) is -1.35. The first-order valence-corrected chi connectivity index (χ1v) is 4.82. The van der Waals surface area contributed by atoms with Crippen LogP contribution in [0.25, 0.3) is 0 Å². The van der Waals surface area contributed by atoms with Crippen molar-refractivity contribution in [3.8, 4) is 0 Å². The molecule has 1 amide bonds. The topological polar surface area (TPSA) is 92.4 Å². The van der Waals surface area contributed by atoms with E-state index in [9.17, 15) is 9.59 Å². The molecule has 4 N–H and O–H groups in total. The van der Waals surface area contributed by atoms with Crippen molar-refractivity contribution in [2.24, 2.45) is 5.73 Å². The second-order valence-corrected chi connectivity index (χ2v) is 3.78. The normalized spacial score (nSPS) is 20.7. The van der Waals surface area contributed by atoms with Gasteiger partial charge in [-0.1, -0.05) is 6.92 Å². The molecule has 0 spiro atoms. The SMILES string of the molecule is CC[C@H](NC(=O)C1(N)CCC1)C(=O)O. The molecule has 5 heteroatoms. The van der Waals surface area contributed by atoms with Crippen LogP contribution in [0, 0.1) is 0 Å². The third kappa shape index (κ3) is 2.04. The Morgan fingerprint density at radius 1 is 1.57 bits per heavy atom. The Morgan fingerprint density at radius 2 is 2.14 bits per heavy atom. The van der Waals surface area contributed by atoms with Gasteiger partial charge in [0.15, 0.2) is 0 Å². The van der Waals surface area contributed by atoms with Crippen LogP contribution in [-0.4, -0.2) is 28.6 Å². The molecule has 0 aromatic heterocycles. The highest BCUT2D eigenvalue weighted by Crippen LogP contribution is 2.29. The maximum absolute atomic E-state index is 11.5. The van der Waals surface area contributed by atoms with Crippen molar-refractivity contribution in [3.05, 3.63) is 0 Å². The second kappa shape index (κ2) is 3.96. The number of nitrogens with one attached hydrogen (secondary N) is 1. The summed E-state index contributed by atoms with van der Waals surface area (Å²) in [5.41, 5.74) is 4.93. The van der Waals surface area contributed by atoms with Crippen LogP contribution < -0.4 is 11.1 Å². The molecule has 1 saturated carbocycles. The number of hydrogen-bond donors (Lipinski definition) is 3. The molecule has 1 aliphatic rings. The molecule has 80 valence electrons. The molecule has 14 heavy (non-hydrogen) atoms. The van der Waals surface area contributed by atoms with Gasteiger partial charge < -0.3 is 16.2 Å². The van der Waals surface area contributed by atoms with Crippen LogP contribution in [0.15, 0.2) is 0 Å². The smallest absolute Gasteiger partial charge is 0.326 e. The van der Waals surface area contributed by atoms with Gasteiger partial charge in [0.05, 0.1) is 5.54 Å². The molecular weight excluding hydrogens is 184 g/mol. The van der Waals surface area contributed by atoms with Crippen molar-refractivity contribution in [2.45, 2.75) is 44.2 Å². The highest BCUT2D eigenvalue weighted by molar-refractivity contribution is 5.90. The van der Waals surface area contributed by atoms with Gasteiger partial charge in [0.25, 0.3) is 0 Å². The van der Waals surface area contributed by atoms with E-state index in [4.69, 9.17) is 10.8 Å². The molecule has 0 radical (unpaired) electrons. The summed E-state index contributed by atoms with van der Waals surface area (Å²) in [7, 11) is 0. The van der Waals surface area contributed by atoms with Crippen LogP contribution in [0.1, 0.15) is 32.6 Å². The van der Waals surface area contributed by atoms with Crippen LogP contribution in [-0.2, 0) is 9.59 Å². The Hall–Kier alpha value is -1.10. The number of rotatable bonds is 4. The molecule has 1 fully saturated rings. The van der Waals surface area contributed by atoms with Crippen LogP contribution in [0.2, 0.25) is 0 Å². The van der Waals surface area contributed by atoms with Gasteiger partial charge in [0.2, 0.25) is 5.91 Å². The standard InChI is InChI=1S/C9H16N2O3/c1-2-6(7(12)13)11-8(14)9(10)4-3-5-9/h6H,2-5,10H2,1H3,(H,11,14)(H,12,13)/t6-/m0/s1. The van der Waals surface area contributed by atoms with E-state index in [-0.39, 0.29) is 5.91 Å². The molecular formula is C9H16N2O3. The summed E-state index contributed by atoms with van der Waals surface area (Å²) in [6, 6.07) is -0.816. The number of carboxylic acid groups (broad SMARTS) is 1. The second-order valence-electron chi connectivity index (χ2n) is 3.78. The van der Waals surface area contributed by atoms with E-state index in [0.29, 0.717) is 19.3 Å². The molecule has 0 aromatic carbocycles. The Morgan fingerprint density at radius 3 is 2.43 bits per heavy atom. The first-order valence-electron chi connectivity index (χ1n) is 4.82. The Bertz CT molecular complexity index is 248. The number of nitrogens with two attached hydrogens (primary N) is 1. The van der Waals surface area contributed by atoms with Crippen molar-refractivity contribution < 1.29 is 14.7 Å². The molecule has 1 atom stereocenters. The van der Waals surface area contributed by atoms with Gasteiger partial charge in [-0.05, 0) is 25.7 Å². The lowest BCUT2D eigenvalue weighted by atomic mass is 9.77. The lowest BCUT2D eigenvalue weighted by Gasteiger charge is -2.36. The predicted molar refractivity (Wildman–Crippen MR) is 50.6 cm³/mol. The number of hydrogen-bond acceptors (Lipinski definition) is 3. The Labute approximate surface area is 82.7 Å². The number of carboxylic acids is 1. The van der Waals surface area contributed by atoms with Crippen LogP contribution in [0.5, 0.6) is 0 Å². The van der Waals surface area contributed by atoms with Gasteiger partial charge in [0, 0.05) is 0 Å². The monoisotopic (exact) mass is 200 g/mol. The molecule has 0 unspecified atom stereocenters. The summed E-state index contributed by atoms with van der Waals surface area (Å²) in [6.45, 7) is 1.71. The lowest BCUT2D eigenvalue weighted by Crippen LogP contribution is -2.61. The molecule has 0 heterocycles. The third-order valence-electron chi connectivity index (χ3n) is 2.71. The van der Waals surface area contributed by atoms with Gasteiger partial charge in [-0.2, -0.15) is 0 Å². The predicted octanol–water partition coefficient (Wildman–Crippen LogP) is -0.153. The number of carbonyl (C=O) groups excluding carboxylic acids is 1. The molecule has 0 saturated heterocycles. The highest BCUT2D eigenvalue weighted by atomic mass is 16.4. The number of amides is 1. The Kier molecular flexibility index (Phi) is 3.10. The van der Waals surface area contributed by atoms with E-state index in [2.05, 4.69) is 5.32 Å². The van der Waals surface area contributed by atoms with E-state index >= 15 is 0 Å². The van der Waals surface area contributed by atoms with Gasteiger partial charge in [-0.25, -0.2) is 4.79 Å². The van der Waals surface area contributed by atoms with Crippen LogP contribution in [0.4, 0.5) is 0 Å². The number of aliphatic carboxylic acids is 1. The zero-order valence-corrected chi connectivity index (χ0v) is 8.25. The first-order chi connectivity index (χ1) is 6.49. The first kappa shape index (κ1) is 11.0. The molecule has 1 rings (SSSR count). The highest BCUT2D eigenvalue weighted by Gasteiger charge is 2.41. The van der Waals surface area contributed by atoms with Crippen molar-refractivity contribution in [2.75, 3.05) is 0 Å². The minimum absolute atomic E-state index is 0.335. The van der Waals surface area contributed by atoms with Crippen LogP contribution in [0.3, 0.4) is 0 Å².